The molecule has 1 aliphatic carbocycles. The molecule has 3 nitrogen and oxygen atoms in total. The lowest BCUT2D eigenvalue weighted by atomic mass is 9.93. The second-order valence-corrected chi connectivity index (χ2v) is 3.67. The van der Waals surface area contributed by atoms with Crippen molar-refractivity contribution in [2.75, 3.05) is 7.11 Å². The first-order valence-corrected chi connectivity index (χ1v) is 4.13. The molecule has 1 unspecified atom stereocenters. The molecule has 3 heteroatoms. The molecular formula is C9H14O3. The Kier molecular flexibility index (Phi) is 2.22. The molecule has 1 rings (SSSR count). The molecule has 68 valence electrons. The molecule has 12 heavy (non-hydrogen) atoms. The highest BCUT2D eigenvalue weighted by atomic mass is 16.5. The molecule has 0 bridgehead atoms. The van der Waals surface area contributed by atoms with E-state index in [2.05, 4.69) is 4.74 Å². The zero-order valence-corrected chi connectivity index (χ0v) is 7.72. The van der Waals surface area contributed by atoms with Crippen molar-refractivity contribution in [3.05, 3.63) is 0 Å². The molecule has 0 heterocycles. The molecule has 0 amide bonds. The molecule has 0 saturated heterocycles. The van der Waals surface area contributed by atoms with E-state index in [0.717, 1.165) is 12.8 Å². The van der Waals surface area contributed by atoms with Crippen LogP contribution < -0.4 is 0 Å². The van der Waals surface area contributed by atoms with Crippen LogP contribution in [0.4, 0.5) is 0 Å². The van der Waals surface area contributed by atoms with E-state index in [1.165, 1.54) is 7.11 Å². The quantitative estimate of drug-likeness (QED) is 0.471. The number of rotatable bonds is 3. The Labute approximate surface area is 72.1 Å². The predicted molar refractivity (Wildman–Crippen MR) is 43.5 cm³/mol. The predicted octanol–water partition coefficient (Wildman–Crippen LogP) is 1.16. The lowest BCUT2D eigenvalue weighted by Gasteiger charge is -2.12. The van der Waals surface area contributed by atoms with Gasteiger partial charge < -0.3 is 4.74 Å². The van der Waals surface area contributed by atoms with Gasteiger partial charge in [-0.2, -0.15) is 0 Å². The Morgan fingerprint density at radius 3 is 2.25 bits per heavy atom. The summed E-state index contributed by atoms with van der Waals surface area (Å²) >= 11 is 0. The van der Waals surface area contributed by atoms with Crippen molar-refractivity contribution in [3.63, 3.8) is 0 Å². The standard InChI is InChI=1S/C9H14O3/c1-6(8(11)12-3)7(10)9(2)4-5-9/h6H,4-5H2,1-3H3. The summed E-state index contributed by atoms with van der Waals surface area (Å²) in [4.78, 5) is 22.5. The third-order valence-corrected chi connectivity index (χ3v) is 2.54. The van der Waals surface area contributed by atoms with Gasteiger partial charge in [-0.05, 0) is 19.8 Å². The van der Waals surface area contributed by atoms with Crippen LogP contribution in [0.2, 0.25) is 0 Å². The summed E-state index contributed by atoms with van der Waals surface area (Å²) in [5.41, 5.74) is -0.229. The Morgan fingerprint density at radius 2 is 1.92 bits per heavy atom. The SMILES string of the molecule is COC(=O)C(C)C(=O)C1(C)CC1. The number of carbonyl (C=O) groups is 2. The molecule has 0 radical (unpaired) electrons. The number of hydrogen-bond acceptors (Lipinski definition) is 3. The highest BCUT2D eigenvalue weighted by Crippen LogP contribution is 2.47. The first-order valence-electron chi connectivity index (χ1n) is 4.13. The van der Waals surface area contributed by atoms with Gasteiger partial charge in [-0.25, -0.2) is 0 Å². The second-order valence-electron chi connectivity index (χ2n) is 3.67. The highest BCUT2D eigenvalue weighted by molar-refractivity contribution is 6.02. The monoisotopic (exact) mass is 170 g/mol. The second kappa shape index (κ2) is 2.88. The fraction of sp³-hybridized carbons (Fsp3) is 0.778. The van der Waals surface area contributed by atoms with Gasteiger partial charge in [0.1, 0.15) is 5.92 Å². The van der Waals surface area contributed by atoms with Crippen LogP contribution in [0, 0.1) is 11.3 Å². The van der Waals surface area contributed by atoms with Crippen LogP contribution >= 0.6 is 0 Å². The topological polar surface area (TPSA) is 43.4 Å². The zero-order valence-electron chi connectivity index (χ0n) is 7.72. The van der Waals surface area contributed by atoms with Gasteiger partial charge in [0.2, 0.25) is 0 Å². The number of Topliss-reactive ketones (excluding diaryl/α,β-unsaturated/α-hetero) is 1. The lowest BCUT2D eigenvalue weighted by molar-refractivity contribution is -0.150. The van der Waals surface area contributed by atoms with Crippen LogP contribution in [0.3, 0.4) is 0 Å². The number of ketones is 1. The van der Waals surface area contributed by atoms with E-state index in [-0.39, 0.29) is 11.2 Å². The smallest absolute Gasteiger partial charge is 0.315 e. The maximum absolute atomic E-state index is 11.5. The van der Waals surface area contributed by atoms with E-state index < -0.39 is 11.9 Å². The first-order chi connectivity index (χ1) is 5.51. The third kappa shape index (κ3) is 1.49. The van der Waals surface area contributed by atoms with Crippen molar-refractivity contribution in [1.82, 2.24) is 0 Å². The summed E-state index contributed by atoms with van der Waals surface area (Å²) in [6.45, 7) is 3.51. The fourth-order valence-electron chi connectivity index (χ4n) is 1.24. The normalized spacial score (nSPS) is 21.2. The van der Waals surface area contributed by atoms with Gasteiger partial charge >= 0.3 is 5.97 Å². The zero-order chi connectivity index (χ0) is 9.35. The summed E-state index contributed by atoms with van der Waals surface area (Å²) in [6.07, 6.45) is 1.82. The van der Waals surface area contributed by atoms with Gasteiger partial charge in [-0.15, -0.1) is 0 Å². The van der Waals surface area contributed by atoms with Gasteiger partial charge in [0, 0.05) is 5.41 Å². The highest BCUT2D eigenvalue weighted by Gasteiger charge is 2.48. The van der Waals surface area contributed by atoms with Crippen LogP contribution in [-0.2, 0) is 14.3 Å². The Balaban J connectivity index is 2.58. The van der Waals surface area contributed by atoms with E-state index in [4.69, 9.17) is 0 Å². The van der Waals surface area contributed by atoms with Crippen molar-refractivity contribution in [2.24, 2.45) is 11.3 Å². The number of carbonyl (C=O) groups excluding carboxylic acids is 2. The molecular weight excluding hydrogens is 156 g/mol. The molecule has 1 fully saturated rings. The molecule has 0 aromatic rings. The van der Waals surface area contributed by atoms with E-state index in [0.29, 0.717) is 0 Å². The van der Waals surface area contributed by atoms with Gasteiger partial charge in [0.15, 0.2) is 5.78 Å². The Bertz CT molecular complexity index is 216. The van der Waals surface area contributed by atoms with Crippen LogP contribution in [0.1, 0.15) is 26.7 Å². The lowest BCUT2D eigenvalue weighted by Crippen LogP contribution is -2.28. The van der Waals surface area contributed by atoms with Gasteiger partial charge in [-0.3, -0.25) is 9.59 Å². The Hall–Kier alpha value is -0.860. The third-order valence-electron chi connectivity index (χ3n) is 2.54. The number of ether oxygens (including phenoxy) is 1. The maximum Gasteiger partial charge on any atom is 0.315 e. The van der Waals surface area contributed by atoms with Gasteiger partial charge in [0.05, 0.1) is 7.11 Å². The van der Waals surface area contributed by atoms with Crippen LogP contribution in [0.15, 0.2) is 0 Å². The van der Waals surface area contributed by atoms with Crippen LogP contribution in [0.5, 0.6) is 0 Å². The fourth-order valence-corrected chi connectivity index (χ4v) is 1.24. The Morgan fingerprint density at radius 1 is 1.42 bits per heavy atom. The molecule has 0 N–H and O–H groups in total. The number of hydrogen-bond donors (Lipinski definition) is 0. The van der Waals surface area contributed by atoms with Crippen molar-refractivity contribution >= 4 is 11.8 Å². The largest absolute Gasteiger partial charge is 0.468 e. The van der Waals surface area contributed by atoms with Crippen LogP contribution in [-0.4, -0.2) is 18.9 Å². The average molecular weight is 170 g/mol. The summed E-state index contributed by atoms with van der Waals surface area (Å²) in [7, 11) is 1.31. The molecule has 1 aliphatic rings. The number of esters is 1. The molecule has 1 saturated carbocycles. The average Bonchev–Trinajstić information content (AvgIpc) is 2.81. The maximum atomic E-state index is 11.5. The van der Waals surface area contributed by atoms with Crippen LogP contribution in [0.25, 0.3) is 0 Å². The molecule has 0 spiro atoms. The number of methoxy groups -OCH3 is 1. The minimum absolute atomic E-state index is 0.0225. The minimum Gasteiger partial charge on any atom is -0.468 e. The van der Waals surface area contributed by atoms with E-state index in [9.17, 15) is 9.59 Å². The molecule has 1 atom stereocenters. The first kappa shape index (κ1) is 9.23. The summed E-state index contributed by atoms with van der Waals surface area (Å²) in [6, 6.07) is 0. The van der Waals surface area contributed by atoms with E-state index in [1.54, 1.807) is 6.92 Å². The summed E-state index contributed by atoms with van der Waals surface area (Å²) in [5, 5.41) is 0. The van der Waals surface area contributed by atoms with Gasteiger partial charge in [-0.1, -0.05) is 6.92 Å². The summed E-state index contributed by atoms with van der Waals surface area (Å²) in [5.74, 6) is -0.995. The minimum atomic E-state index is -0.595. The summed E-state index contributed by atoms with van der Waals surface area (Å²) < 4.78 is 4.50. The van der Waals surface area contributed by atoms with E-state index >= 15 is 0 Å². The van der Waals surface area contributed by atoms with Crippen molar-refractivity contribution in [1.29, 1.82) is 0 Å². The molecule has 0 aromatic heterocycles. The molecule has 0 aliphatic heterocycles. The van der Waals surface area contributed by atoms with Crippen molar-refractivity contribution in [3.8, 4) is 0 Å². The molecule has 0 aromatic carbocycles. The van der Waals surface area contributed by atoms with Crippen molar-refractivity contribution in [2.45, 2.75) is 26.7 Å². The van der Waals surface area contributed by atoms with E-state index in [1.807, 2.05) is 6.92 Å². The van der Waals surface area contributed by atoms with Gasteiger partial charge in [0.25, 0.3) is 0 Å². The van der Waals surface area contributed by atoms with Crippen molar-refractivity contribution < 1.29 is 14.3 Å².